The molecule has 2 unspecified atom stereocenters. The minimum atomic E-state index is -3.90. The lowest BCUT2D eigenvalue weighted by molar-refractivity contribution is 0.453. The molecule has 4 heteroatoms. The van der Waals surface area contributed by atoms with Crippen LogP contribution in [0.3, 0.4) is 0 Å². The van der Waals surface area contributed by atoms with E-state index in [1.54, 1.807) is 6.08 Å². The molecule has 1 saturated carbocycles. The molecule has 82 valence electrons. The van der Waals surface area contributed by atoms with E-state index in [4.69, 9.17) is 4.55 Å². The van der Waals surface area contributed by atoms with Gasteiger partial charge in [0, 0.05) is 0 Å². The second kappa shape index (κ2) is 4.03. The first-order valence-electron chi connectivity index (χ1n) is 5.06. The molecule has 2 atom stereocenters. The smallest absolute Gasteiger partial charge is 0.271 e. The predicted octanol–water partition coefficient (Wildman–Crippen LogP) is 2.40. The molecule has 0 spiro atoms. The fourth-order valence-corrected chi connectivity index (χ4v) is 3.37. The summed E-state index contributed by atoms with van der Waals surface area (Å²) in [5.41, 5.74) is 0. The van der Waals surface area contributed by atoms with E-state index in [1.807, 2.05) is 0 Å². The van der Waals surface area contributed by atoms with Crippen molar-refractivity contribution >= 4 is 10.1 Å². The van der Waals surface area contributed by atoms with Gasteiger partial charge in [-0.2, -0.15) is 8.42 Å². The Bertz CT molecular complexity index is 307. The van der Waals surface area contributed by atoms with Gasteiger partial charge in [-0.05, 0) is 25.2 Å². The first-order chi connectivity index (χ1) is 6.48. The Morgan fingerprint density at radius 2 is 2.29 bits per heavy atom. The van der Waals surface area contributed by atoms with E-state index in [1.165, 1.54) is 0 Å². The molecule has 0 amide bonds. The maximum Gasteiger partial charge on any atom is 0.271 e. The minimum absolute atomic E-state index is 0.135. The van der Waals surface area contributed by atoms with E-state index in [0.29, 0.717) is 12.8 Å². The van der Waals surface area contributed by atoms with Crippen LogP contribution in [0.5, 0.6) is 0 Å². The van der Waals surface area contributed by atoms with Crippen molar-refractivity contribution in [1.82, 2.24) is 0 Å². The number of allylic oxidation sites excluding steroid dienone is 1. The molecule has 1 aliphatic rings. The van der Waals surface area contributed by atoms with E-state index in [2.05, 4.69) is 13.5 Å². The highest BCUT2D eigenvalue weighted by molar-refractivity contribution is 7.87. The van der Waals surface area contributed by atoms with Gasteiger partial charge in [0.05, 0.1) is 0 Å². The molecule has 0 aromatic rings. The normalized spacial score (nSPS) is 31.4. The molecule has 3 nitrogen and oxygen atoms in total. The van der Waals surface area contributed by atoms with E-state index in [9.17, 15) is 8.42 Å². The lowest BCUT2D eigenvalue weighted by atomic mass is 10.1. The summed E-state index contributed by atoms with van der Waals surface area (Å²) in [6, 6.07) is 0. The molecular weight excluding hydrogens is 200 g/mol. The molecule has 0 aromatic heterocycles. The summed E-state index contributed by atoms with van der Waals surface area (Å²) < 4.78 is 30.6. The summed E-state index contributed by atoms with van der Waals surface area (Å²) in [4.78, 5) is 0. The van der Waals surface area contributed by atoms with Crippen LogP contribution >= 0.6 is 0 Å². The SMILES string of the molecule is C=CCC1(S(=O)(=O)O)CC1CCCC. The quantitative estimate of drug-likeness (QED) is 0.550. The van der Waals surface area contributed by atoms with Crippen molar-refractivity contribution in [3.63, 3.8) is 0 Å². The number of hydrogen-bond donors (Lipinski definition) is 1. The fraction of sp³-hybridized carbons (Fsp3) is 0.800. The molecule has 0 aliphatic heterocycles. The van der Waals surface area contributed by atoms with Gasteiger partial charge in [0.15, 0.2) is 0 Å². The molecular formula is C10H18O3S. The minimum Gasteiger partial charge on any atom is -0.285 e. The first-order valence-corrected chi connectivity index (χ1v) is 6.50. The van der Waals surface area contributed by atoms with Crippen molar-refractivity contribution in [2.75, 3.05) is 0 Å². The van der Waals surface area contributed by atoms with Gasteiger partial charge >= 0.3 is 0 Å². The predicted molar refractivity (Wildman–Crippen MR) is 56.7 cm³/mol. The molecule has 0 aromatic carbocycles. The number of unbranched alkanes of at least 4 members (excludes halogenated alkanes) is 1. The Kier molecular flexibility index (Phi) is 3.37. The van der Waals surface area contributed by atoms with E-state index >= 15 is 0 Å². The molecule has 1 rings (SSSR count). The van der Waals surface area contributed by atoms with Gasteiger partial charge in [-0.3, -0.25) is 4.55 Å². The van der Waals surface area contributed by atoms with Crippen molar-refractivity contribution in [3.05, 3.63) is 12.7 Å². The Morgan fingerprint density at radius 3 is 2.71 bits per heavy atom. The summed E-state index contributed by atoms with van der Waals surface area (Å²) in [5, 5.41) is 0. The van der Waals surface area contributed by atoms with Gasteiger partial charge in [0.2, 0.25) is 0 Å². The summed E-state index contributed by atoms with van der Waals surface area (Å²) in [5.74, 6) is 0.135. The van der Waals surface area contributed by atoms with Gasteiger partial charge in [0.25, 0.3) is 10.1 Å². The van der Waals surface area contributed by atoms with Crippen LogP contribution in [0.25, 0.3) is 0 Å². The topological polar surface area (TPSA) is 54.4 Å². The van der Waals surface area contributed by atoms with Crippen LogP contribution in [0.2, 0.25) is 0 Å². The van der Waals surface area contributed by atoms with E-state index in [0.717, 1.165) is 19.3 Å². The maximum atomic E-state index is 11.2. The van der Waals surface area contributed by atoms with Crippen LogP contribution in [0, 0.1) is 5.92 Å². The zero-order chi connectivity index (χ0) is 10.8. The molecule has 14 heavy (non-hydrogen) atoms. The summed E-state index contributed by atoms with van der Waals surface area (Å²) in [6.45, 7) is 5.61. The van der Waals surface area contributed by atoms with Crippen LogP contribution in [0.15, 0.2) is 12.7 Å². The summed E-state index contributed by atoms with van der Waals surface area (Å²) >= 11 is 0. The van der Waals surface area contributed by atoms with Gasteiger partial charge in [-0.15, -0.1) is 6.58 Å². The van der Waals surface area contributed by atoms with Crippen LogP contribution < -0.4 is 0 Å². The van der Waals surface area contributed by atoms with Crippen LogP contribution in [-0.2, 0) is 10.1 Å². The second-order valence-corrected chi connectivity index (χ2v) is 5.84. The van der Waals surface area contributed by atoms with Gasteiger partial charge in [-0.1, -0.05) is 25.8 Å². The Hall–Kier alpha value is -0.350. The molecule has 1 fully saturated rings. The Morgan fingerprint density at radius 1 is 1.64 bits per heavy atom. The lowest BCUT2D eigenvalue weighted by Gasteiger charge is -2.11. The second-order valence-electron chi connectivity index (χ2n) is 4.08. The molecule has 0 heterocycles. The monoisotopic (exact) mass is 218 g/mol. The summed E-state index contributed by atoms with van der Waals surface area (Å²) in [7, 11) is -3.90. The fourth-order valence-electron chi connectivity index (χ4n) is 2.09. The molecule has 0 radical (unpaired) electrons. The molecule has 0 saturated heterocycles. The maximum absolute atomic E-state index is 11.2. The highest BCUT2D eigenvalue weighted by Gasteiger charge is 2.61. The number of rotatable bonds is 6. The zero-order valence-corrected chi connectivity index (χ0v) is 9.39. The van der Waals surface area contributed by atoms with Crippen molar-refractivity contribution in [2.45, 2.75) is 43.8 Å². The third-order valence-electron chi connectivity index (χ3n) is 3.09. The Balaban J connectivity index is 2.66. The Labute approximate surface area is 86.0 Å². The van der Waals surface area contributed by atoms with Crippen molar-refractivity contribution in [3.8, 4) is 0 Å². The van der Waals surface area contributed by atoms with Crippen LogP contribution in [0.4, 0.5) is 0 Å². The van der Waals surface area contributed by atoms with Crippen LogP contribution in [0.1, 0.15) is 39.0 Å². The molecule has 1 aliphatic carbocycles. The van der Waals surface area contributed by atoms with Gasteiger partial charge in [0.1, 0.15) is 4.75 Å². The average molecular weight is 218 g/mol. The van der Waals surface area contributed by atoms with Gasteiger partial charge < -0.3 is 0 Å². The standard InChI is InChI=1S/C10H18O3S/c1-3-5-6-9-8-10(9,7-4-2)14(11,12)13/h4,9H,2-3,5-8H2,1H3,(H,11,12,13). The van der Waals surface area contributed by atoms with Crippen molar-refractivity contribution in [2.24, 2.45) is 5.92 Å². The third-order valence-corrected chi connectivity index (χ3v) is 4.78. The van der Waals surface area contributed by atoms with Crippen molar-refractivity contribution in [1.29, 1.82) is 0 Å². The molecule has 0 bridgehead atoms. The van der Waals surface area contributed by atoms with Gasteiger partial charge in [-0.25, -0.2) is 0 Å². The zero-order valence-electron chi connectivity index (χ0n) is 8.57. The van der Waals surface area contributed by atoms with Crippen LogP contribution in [-0.4, -0.2) is 17.7 Å². The average Bonchev–Trinajstić information content (AvgIpc) is 2.76. The first kappa shape index (κ1) is 11.7. The van der Waals surface area contributed by atoms with E-state index in [-0.39, 0.29) is 5.92 Å². The van der Waals surface area contributed by atoms with Crippen molar-refractivity contribution < 1.29 is 13.0 Å². The number of hydrogen-bond acceptors (Lipinski definition) is 2. The lowest BCUT2D eigenvalue weighted by Crippen LogP contribution is -2.24. The highest BCUT2D eigenvalue weighted by Crippen LogP contribution is 2.54. The largest absolute Gasteiger partial charge is 0.285 e. The summed E-state index contributed by atoms with van der Waals surface area (Å²) in [6.07, 6.45) is 5.53. The molecule has 1 N–H and O–H groups in total. The van der Waals surface area contributed by atoms with E-state index < -0.39 is 14.9 Å². The highest BCUT2D eigenvalue weighted by atomic mass is 32.2. The third kappa shape index (κ3) is 2.01.